The zero-order chi connectivity index (χ0) is 27.1. The molecule has 210 valence electrons. The normalized spacial score (nSPS) is 41.1. The summed E-state index contributed by atoms with van der Waals surface area (Å²) < 4.78 is 48.9. The Morgan fingerprint density at radius 2 is 1.95 bits per heavy atom. The summed E-state index contributed by atoms with van der Waals surface area (Å²) in [6.45, 7) is 3.04. The number of benzene rings is 1. The molecule has 8 atom stereocenters. The molecule has 0 saturated heterocycles. The molecule has 6 rings (SSSR count). The first-order valence-corrected chi connectivity index (χ1v) is 14.4. The van der Waals surface area contributed by atoms with Gasteiger partial charge in [0, 0.05) is 18.1 Å². The van der Waals surface area contributed by atoms with Gasteiger partial charge in [0.2, 0.25) is 0 Å². The number of nitrogens with one attached hydrogen (secondary N) is 1. The second kappa shape index (κ2) is 9.00. The fourth-order valence-electron chi connectivity index (χ4n) is 9.75. The van der Waals surface area contributed by atoms with Crippen molar-refractivity contribution in [3.05, 3.63) is 23.2 Å². The number of aliphatic hydroxyl groups is 1. The number of hydrogen-bond donors (Lipinski definition) is 2. The molecule has 1 aromatic carbocycles. The predicted molar refractivity (Wildman–Crippen MR) is 139 cm³/mol. The molecule has 38 heavy (non-hydrogen) atoms. The zero-order valence-corrected chi connectivity index (χ0v) is 22.9. The maximum Gasteiger partial charge on any atom is 0.417 e. The number of carbonyl (C=O) groups is 1. The van der Waals surface area contributed by atoms with E-state index in [1.165, 1.54) is 0 Å². The summed E-state index contributed by atoms with van der Waals surface area (Å²) in [5.41, 5.74) is -1.09. The molecule has 1 aromatic heterocycles. The Hall–Kier alpha value is -1.51. The monoisotopic (exact) mass is 554 g/mol. The summed E-state index contributed by atoms with van der Waals surface area (Å²) in [4.78, 5) is 13.7. The highest BCUT2D eigenvalue weighted by Gasteiger charge is 2.66. The summed E-state index contributed by atoms with van der Waals surface area (Å²) in [5, 5.41) is 14.5. The number of halogens is 4. The van der Waals surface area contributed by atoms with E-state index in [-0.39, 0.29) is 47.2 Å². The number of Topliss-reactive ketones (excluding diaryl/α,β-unsaturated/α-hetero) is 1. The van der Waals surface area contributed by atoms with Crippen molar-refractivity contribution in [2.45, 2.75) is 83.0 Å². The zero-order valence-electron chi connectivity index (χ0n) is 22.1. The molecule has 0 amide bonds. The molecule has 0 radical (unpaired) electrons. The number of aromatic amines is 1. The standard InChI is InChI=1S/C29H38ClF3N2O3/c1-26-10-9-21-19(5-3-17-14-28(37,29(31,32)33)12-11-27(17,21)16-38-2)20(26)6-7-22(26)25(36)15-35-24-13-18(30)4-8-23(24)34-35/h4,8,13,17,19-22,34,37H,3,5-7,9-12,14-16H2,1-2H3/t17-,19+,20+,21+,22-,26+,27-,28-/m1/s1. The van der Waals surface area contributed by atoms with Crippen molar-refractivity contribution < 1.29 is 27.8 Å². The minimum Gasteiger partial charge on any atom is -0.384 e. The number of aromatic nitrogens is 2. The lowest BCUT2D eigenvalue weighted by atomic mass is 9.43. The Morgan fingerprint density at radius 3 is 2.68 bits per heavy atom. The number of nitrogens with zero attached hydrogens (tertiary/aromatic N) is 1. The van der Waals surface area contributed by atoms with Crippen LogP contribution in [0.15, 0.2) is 18.2 Å². The Morgan fingerprint density at radius 1 is 1.16 bits per heavy atom. The molecule has 1 heterocycles. The van der Waals surface area contributed by atoms with E-state index in [2.05, 4.69) is 12.0 Å². The number of fused-ring (bicyclic) bond motifs is 6. The average molecular weight is 555 g/mol. The van der Waals surface area contributed by atoms with Crippen LogP contribution in [-0.4, -0.2) is 46.2 Å². The molecule has 0 aliphatic heterocycles. The van der Waals surface area contributed by atoms with E-state index in [4.69, 9.17) is 16.3 Å². The number of methoxy groups -OCH3 is 1. The van der Waals surface area contributed by atoms with Crippen molar-refractivity contribution in [2.24, 2.45) is 40.4 Å². The quantitative estimate of drug-likeness (QED) is 0.428. The van der Waals surface area contributed by atoms with Gasteiger partial charge in [0.15, 0.2) is 11.4 Å². The second-order valence-corrected chi connectivity index (χ2v) is 13.5. The van der Waals surface area contributed by atoms with Gasteiger partial charge in [-0.25, -0.2) is 0 Å². The molecule has 0 spiro atoms. The van der Waals surface area contributed by atoms with Crippen LogP contribution in [0.3, 0.4) is 0 Å². The molecular formula is C29H38ClF3N2O3. The molecule has 0 bridgehead atoms. The Balaban J connectivity index is 1.22. The van der Waals surface area contributed by atoms with Crippen molar-refractivity contribution in [3.8, 4) is 0 Å². The van der Waals surface area contributed by atoms with Gasteiger partial charge in [-0.15, -0.1) is 0 Å². The van der Waals surface area contributed by atoms with Gasteiger partial charge in [-0.2, -0.15) is 13.2 Å². The molecule has 4 fully saturated rings. The van der Waals surface area contributed by atoms with E-state index in [9.17, 15) is 23.1 Å². The van der Waals surface area contributed by atoms with Crippen molar-refractivity contribution in [1.82, 2.24) is 9.78 Å². The van der Waals surface area contributed by atoms with Crippen LogP contribution in [0.5, 0.6) is 0 Å². The van der Waals surface area contributed by atoms with Crippen molar-refractivity contribution in [3.63, 3.8) is 0 Å². The Labute approximate surface area is 226 Å². The van der Waals surface area contributed by atoms with Crippen LogP contribution in [0.1, 0.15) is 64.7 Å². The summed E-state index contributed by atoms with van der Waals surface area (Å²) in [5.74, 6) is 1.08. The summed E-state index contributed by atoms with van der Waals surface area (Å²) in [6, 6.07) is 5.62. The SMILES string of the molecule is COC[C@]12CC[C@](O)(C(F)(F)F)C[C@H]1CC[C@H]1[C@@H]3CC[C@H](C(=O)Cn4[nH]c5ccc(Cl)cc54)[C@@]3(C)CC[C@@H]12. The van der Waals surface area contributed by atoms with Crippen LogP contribution < -0.4 is 0 Å². The first kappa shape index (κ1) is 26.7. The van der Waals surface area contributed by atoms with E-state index in [1.54, 1.807) is 7.11 Å². The minimum absolute atomic E-state index is 0.0174. The molecule has 4 aliphatic carbocycles. The van der Waals surface area contributed by atoms with E-state index in [0.717, 1.165) is 43.1 Å². The van der Waals surface area contributed by atoms with E-state index in [1.807, 2.05) is 22.9 Å². The van der Waals surface area contributed by atoms with Crippen LogP contribution in [0.2, 0.25) is 5.02 Å². The maximum atomic E-state index is 13.8. The topological polar surface area (TPSA) is 67.2 Å². The fourth-order valence-corrected chi connectivity index (χ4v) is 9.92. The van der Waals surface area contributed by atoms with Gasteiger partial charge < -0.3 is 9.84 Å². The van der Waals surface area contributed by atoms with Crippen LogP contribution >= 0.6 is 11.6 Å². The molecule has 4 saturated carbocycles. The van der Waals surface area contributed by atoms with Gasteiger partial charge in [-0.3, -0.25) is 14.6 Å². The van der Waals surface area contributed by atoms with Gasteiger partial charge >= 0.3 is 6.18 Å². The molecule has 4 aliphatic rings. The number of ketones is 1. The maximum absolute atomic E-state index is 13.8. The molecule has 0 unspecified atom stereocenters. The van der Waals surface area contributed by atoms with E-state index < -0.39 is 11.8 Å². The molecular weight excluding hydrogens is 517 g/mol. The number of H-pyrrole nitrogens is 1. The lowest BCUT2D eigenvalue weighted by Gasteiger charge is -2.62. The van der Waals surface area contributed by atoms with Crippen LogP contribution in [0.25, 0.3) is 11.0 Å². The number of hydrogen-bond acceptors (Lipinski definition) is 3. The van der Waals surface area contributed by atoms with Crippen molar-refractivity contribution >= 4 is 28.4 Å². The molecule has 2 aromatic rings. The van der Waals surface area contributed by atoms with Crippen molar-refractivity contribution in [1.29, 1.82) is 0 Å². The van der Waals surface area contributed by atoms with Crippen molar-refractivity contribution in [2.75, 3.05) is 13.7 Å². The first-order chi connectivity index (χ1) is 17.9. The summed E-state index contributed by atoms with van der Waals surface area (Å²) in [6.07, 6.45) is 0.495. The van der Waals surface area contributed by atoms with Gasteiger partial charge in [-0.1, -0.05) is 18.5 Å². The number of ether oxygens (including phenoxy) is 1. The Bertz CT molecular complexity index is 1230. The summed E-state index contributed by atoms with van der Waals surface area (Å²) in [7, 11) is 1.65. The lowest BCUT2D eigenvalue weighted by molar-refractivity contribution is -0.294. The fraction of sp³-hybridized carbons (Fsp3) is 0.759. The third-order valence-electron chi connectivity index (χ3n) is 11.6. The van der Waals surface area contributed by atoms with E-state index >= 15 is 0 Å². The van der Waals surface area contributed by atoms with Crippen LogP contribution in [0.4, 0.5) is 13.2 Å². The third kappa shape index (κ3) is 3.83. The smallest absolute Gasteiger partial charge is 0.384 e. The largest absolute Gasteiger partial charge is 0.417 e. The predicted octanol–water partition coefficient (Wildman–Crippen LogP) is 6.77. The lowest BCUT2D eigenvalue weighted by Crippen LogP contribution is -2.61. The highest BCUT2D eigenvalue weighted by atomic mass is 35.5. The molecule has 5 nitrogen and oxygen atoms in total. The average Bonchev–Trinajstić information content (AvgIpc) is 3.21. The molecule has 9 heteroatoms. The third-order valence-corrected chi connectivity index (χ3v) is 11.8. The minimum atomic E-state index is -4.61. The highest BCUT2D eigenvalue weighted by molar-refractivity contribution is 6.31. The Kier molecular flexibility index (Phi) is 6.32. The van der Waals surface area contributed by atoms with E-state index in [0.29, 0.717) is 42.9 Å². The number of carbonyl (C=O) groups excluding carboxylic acids is 1. The van der Waals surface area contributed by atoms with Gasteiger partial charge in [0.05, 0.1) is 24.2 Å². The summed E-state index contributed by atoms with van der Waals surface area (Å²) >= 11 is 6.16. The highest BCUT2D eigenvalue weighted by Crippen LogP contribution is 2.69. The molecule has 2 N–H and O–H groups in total. The van der Waals surface area contributed by atoms with Crippen LogP contribution in [0, 0.1) is 40.4 Å². The van der Waals surface area contributed by atoms with Gasteiger partial charge in [0.1, 0.15) is 0 Å². The van der Waals surface area contributed by atoms with Crippen LogP contribution in [-0.2, 0) is 16.1 Å². The number of alkyl halides is 3. The second-order valence-electron chi connectivity index (χ2n) is 13.1. The van der Waals surface area contributed by atoms with Gasteiger partial charge in [-0.05, 0) is 110 Å². The number of rotatable bonds is 5. The van der Waals surface area contributed by atoms with Gasteiger partial charge in [0.25, 0.3) is 0 Å². The first-order valence-electron chi connectivity index (χ1n) is 14.1.